The molecule has 2 aromatic carbocycles. The number of rotatable bonds is 15. The molecule has 0 radical (unpaired) electrons. The van der Waals surface area contributed by atoms with Gasteiger partial charge in [0, 0.05) is 24.8 Å². The van der Waals surface area contributed by atoms with Crippen LogP contribution in [-0.4, -0.2) is 82.6 Å². The highest BCUT2D eigenvalue weighted by Crippen LogP contribution is 2.21. The molecule has 286 valence electrons. The second kappa shape index (κ2) is 19.0. The van der Waals surface area contributed by atoms with Crippen LogP contribution < -0.4 is 21.4 Å². The first-order valence-corrected chi connectivity index (χ1v) is 17.4. The number of alkyl carbamates (subject to hydrolysis) is 2. The van der Waals surface area contributed by atoms with E-state index in [0.717, 1.165) is 22.4 Å². The molecule has 0 bridgehead atoms. The van der Waals surface area contributed by atoms with Crippen molar-refractivity contribution in [2.24, 2.45) is 5.41 Å². The third-order valence-electron chi connectivity index (χ3n) is 8.05. The maximum atomic E-state index is 13.8. The summed E-state index contributed by atoms with van der Waals surface area (Å²) in [6, 6.07) is 19.5. The van der Waals surface area contributed by atoms with Gasteiger partial charge in [-0.1, -0.05) is 88.0 Å². The molecule has 1 heterocycles. The molecule has 13 nitrogen and oxygen atoms in total. The van der Waals surface area contributed by atoms with Crippen LogP contribution in [0.5, 0.6) is 0 Å². The minimum absolute atomic E-state index is 0.141. The zero-order valence-corrected chi connectivity index (χ0v) is 31.9. The van der Waals surface area contributed by atoms with E-state index in [0.29, 0.717) is 5.57 Å². The van der Waals surface area contributed by atoms with Gasteiger partial charge < -0.3 is 30.5 Å². The molecule has 0 saturated carbocycles. The van der Waals surface area contributed by atoms with Crippen molar-refractivity contribution in [3.63, 3.8) is 0 Å². The second-order valence-electron chi connectivity index (χ2n) is 15.0. The number of hydrazine groups is 1. The van der Waals surface area contributed by atoms with Crippen LogP contribution in [0.3, 0.4) is 0 Å². The first kappa shape index (κ1) is 42.1. The standard InChI is InChI=1S/C40H54N6O7/c1-26(2)33(43-38(51)53-40(6,7)8)35(48)42-31(23-27-15-11-10-12-16-27)32(47)25-46(45-36(49)34(39(3,4)5)44-37(50)52-9)24-28-18-20-29(21-19-28)30-17-13-14-22-41-30/h10-22,31-34,47H,1,23-25H2,2-9H3,(H,42,48)(H,43,51)(H,44,50)(H,45,49)/t31-,32-,33-,34+/m0/s1. The number of ether oxygens (including phenoxy) is 2. The summed E-state index contributed by atoms with van der Waals surface area (Å²) >= 11 is 0. The quantitative estimate of drug-likeness (QED) is 0.108. The monoisotopic (exact) mass is 730 g/mol. The van der Waals surface area contributed by atoms with Crippen LogP contribution in [0, 0.1) is 5.41 Å². The van der Waals surface area contributed by atoms with Crippen molar-refractivity contribution in [2.45, 2.75) is 91.3 Å². The average Bonchev–Trinajstić information content (AvgIpc) is 3.08. The summed E-state index contributed by atoms with van der Waals surface area (Å²) in [6.45, 7) is 16.0. The minimum atomic E-state index is -1.25. The molecule has 5 N–H and O–H groups in total. The molecule has 0 aliphatic carbocycles. The van der Waals surface area contributed by atoms with E-state index in [1.54, 1.807) is 59.7 Å². The summed E-state index contributed by atoms with van der Waals surface area (Å²) < 4.78 is 10.1. The average molecular weight is 731 g/mol. The van der Waals surface area contributed by atoms with Gasteiger partial charge in [-0.15, -0.1) is 0 Å². The number of aromatic nitrogens is 1. The van der Waals surface area contributed by atoms with Crippen LogP contribution in [0.2, 0.25) is 0 Å². The molecule has 0 fully saturated rings. The third kappa shape index (κ3) is 14.0. The molecule has 0 unspecified atom stereocenters. The Morgan fingerprint density at radius 2 is 1.47 bits per heavy atom. The van der Waals surface area contributed by atoms with Gasteiger partial charge in [-0.3, -0.25) is 20.0 Å². The Bertz CT molecular complexity index is 1670. The predicted molar refractivity (Wildman–Crippen MR) is 203 cm³/mol. The topological polar surface area (TPSA) is 171 Å². The highest BCUT2D eigenvalue weighted by molar-refractivity contribution is 5.89. The van der Waals surface area contributed by atoms with Gasteiger partial charge in [-0.2, -0.15) is 0 Å². The van der Waals surface area contributed by atoms with Crippen molar-refractivity contribution in [1.29, 1.82) is 0 Å². The third-order valence-corrected chi connectivity index (χ3v) is 8.05. The number of nitrogens with zero attached hydrogens (tertiary/aromatic N) is 2. The van der Waals surface area contributed by atoms with Gasteiger partial charge in [0.05, 0.1) is 24.9 Å². The number of hydrogen-bond donors (Lipinski definition) is 5. The van der Waals surface area contributed by atoms with Gasteiger partial charge in [-0.25, -0.2) is 14.6 Å². The van der Waals surface area contributed by atoms with E-state index in [9.17, 15) is 24.3 Å². The number of aliphatic hydroxyl groups excluding tert-OH is 1. The van der Waals surface area contributed by atoms with Gasteiger partial charge in [0.1, 0.15) is 17.7 Å². The van der Waals surface area contributed by atoms with E-state index in [2.05, 4.69) is 32.9 Å². The fourth-order valence-corrected chi connectivity index (χ4v) is 5.37. The SMILES string of the molecule is C=C(C)[C@H](NC(=O)OC(C)(C)C)C(=O)N[C@@H](Cc1ccccc1)[C@@H](O)CN(Cc1ccc(-c2ccccn2)cc1)NC(=O)[C@@H](NC(=O)OC)C(C)(C)C. The molecule has 1 aromatic heterocycles. The summed E-state index contributed by atoms with van der Waals surface area (Å²) in [7, 11) is 1.22. The predicted octanol–water partition coefficient (Wildman–Crippen LogP) is 4.91. The molecule has 0 spiro atoms. The number of benzene rings is 2. The summed E-state index contributed by atoms with van der Waals surface area (Å²) in [5.74, 6) is -1.13. The van der Waals surface area contributed by atoms with E-state index < -0.39 is 59.2 Å². The molecule has 3 aromatic rings. The van der Waals surface area contributed by atoms with Crippen molar-refractivity contribution < 1.29 is 33.8 Å². The number of amides is 4. The maximum absolute atomic E-state index is 13.8. The summed E-state index contributed by atoms with van der Waals surface area (Å²) in [5.41, 5.74) is 5.08. The lowest BCUT2D eigenvalue weighted by atomic mass is 9.86. The van der Waals surface area contributed by atoms with Crippen molar-refractivity contribution in [2.75, 3.05) is 13.7 Å². The van der Waals surface area contributed by atoms with Gasteiger partial charge in [-0.05, 0) is 68.4 Å². The molecule has 0 aliphatic heterocycles. The first-order valence-electron chi connectivity index (χ1n) is 17.4. The van der Waals surface area contributed by atoms with Gasteiger partial charge in [0.15, 0.2) is 0 Å². The first-order chi connectivity index (χ1) is 24.9. The molecule has 53 heavy (non-hydrogen) atoms. The van der Waals surface area contributed by atoms with Crippen LogP contribution in [-0.2, 0) is 32.0 Å². The van der Waals surface area contributed by atoms with Gasteiger partial charge in [0.25, 0.3) is 5.91 Å². The van der Waals surface area contributed by atoms with Crippen LogP contribution in [0.25, 0.3) is 11.3 Å². The number of pyridine rings is 1. The lowest BCUT2D eigenvalue weighted by Crippen LogP contribution is -2.60. The van der Waals surface area contributed by atoms with Gasteiger partial charge in [0.2, 0.25) is 5.91 Å². The van der Waals surface area contributed by atoms with E-state index in [4.69, 9.17) is 9.47 Å². The fourth-order valence-electron chi connectivity index (χ4n) is 5.37. The summed E-state index contributed by atoms with van der Waals surface area (Å²) in [6.07, 6.45) is -0.876. The molecular formula is C40H54N6O7. The zero-order valence-electron chi connectivity index (χ0n) is 31.9. The lowest BCUT2D eigenvalue weighted by Gasteiger charge is -2.35. The number of hydrogen-bond acceptors (Lipinski definition) is 9. The summed E-state index contributed by atoms with van der Waals surface area (Å²) in [5, 5.41) is 21.5. The normalized spacial score (nSPS) is 13.8. The Labute approximate surface area is 312 Å². The van der Waals surface area contributed by atoms with Crippen LogP contribution in [0.4, 0.5) is 9.59 Å². The molecular weight excluding hydrogens is 676 g/mol. The number of nitrogens with one attached hydrogen (secondary N) is 4. The van der Waals surface area contributed by atoms with Crippen molar-refractivity contribution in [1.82, 2.24) is 31.4 Å². The smallest absolute Gasteiger partial charge is 0.408 e. The Morgan fingerprint density at radius 3 is 2.02 bits per heavy atom. The van der Waals surface area contributed by atoms with E-state index in [1.165, 1.54) is 7.11 Å². The van der Waals surface area contributed by atoms with Crippen LogP contribution in [0.1, 0.15) is 59.6 Å². The number of aliphatic hydroxyl groups is 1. The molecule has 0 aliphatic rings. The molecule has 0 saturated heterocycles. The van der Waals surface area contributed by atoms with Crippen LogP contribution >= 0.6 is 0 Å². The van der Waals surface area contributed by atoms with Crippen molar-refractivity contribution in [3.05, 3.63) is 102 Å². The van der Waals surface area contributed by atoms with Crippen molar-refractivity contribution >= 4 is 24.0 Å². The zero-order chi connectivity index (χ0) is 39.3. The summed E-state index contributed by atoms with van der Waals surface area (Å²) in [4.78, 5) is 56.8. The number of carbonyl (C=O) groups is 4. The number of methoxy groups -OCH3 is 1. The Balaban J connectivity index is 1.94. The van der Waals surface area contributed by atoms with E-state index in [-0.39, 0.29) is 19.5 Å². The van der Waals surface area contributed by atoms with E-state index in [1.807, 2.05) is 72.8 Å². The highest BCUT2D eigenvalue weighted by Gasteiger charge is 2.35. The lowest BCUT2D eigenvalue weighted by molar-refractivity contribution is -0.132. The molecule has 13 heteroatoms. The Kier molecular flexibility index (Phi) is 15.1. The molecule has 3 rings (SSSR count). The Hall–Kier alpha value is -5.27. The largest absolute Gasteiger partial charge is 0.453 e. The Morgan fingerprint density at radius 1 is 0.830 bits per heavy atom. The van der Waals surface area contributed by atoms with E-state index >= 15 is 0 Å². The maximum Gasteiger partial charge on any atom is 0.408 e. The van der Waals surface area contributed by atoms with Crippen molar-refractivity contribution in [3.8, 4) is 11.3 Å². The number of carbonyl (C=O) groups excluding carboxylic acids is 4. The molecule has 4 amide bonds. The minimum Gasteiger partial charge on any atom is -0.453 e. The molecule has 4 atom stereocenters. The highest BCUT2D eigenvalue weighted by atomic mass is 16.6. The van der Waals surface area contributed by atoms with Gasteiger partial charge >= 0.3 is 12.2 Å². The van der Waals surface area contributed by atoms with Crippen LogP contribution in [0.15, 0.2) is 91.1 Å². The second-order valence-corrected chi connectivity index (χ2v) is 15.0. The fraction of sp³-hybridized carbons (Fsp3) is 0.425.